The number of nitrogens with two attached hydrogens (primary N) is 2. The van der Waals surface area contributed by atoms with Crippen LogP contribution in [-0.4, -0.2) is 29.9 Å². The Kier molecular flexibility index (Phi) is 8.65. The fourth-order valence-electron chi connectivity index (χ4n) is 2.59. The molecule has 0 aliphatic rings. The summed E-state index contributed by atoms with van der Waals surface area (Å²) >= 11 is 0. The molecule has 1 aromatic carbocycles. The van der Waals surface area contributed by atoms with Crippen molar-refractivity contribution >= 4 is 5.71 Å². The van der Waals surface area contributed by atoms with Crippen molar-refractivity contribution in [1.82, 2.24) is 5.01 Å². The molecule has 1 unspecified atom stereocenters. The molecular weight excluding hydrogens is 365 g/mol. The predicted octanol–water partition coefficient (Wildman–Crippen LogP) is 4.44. The van der Waals surface area contributed by atoms with Gasteiger partial charge in [0.15, 0.2) is 0 Å². The van der Waals surface area contributed by atoms with Crippen LogP contribution in [0.1, 0.15) is 38.8 Å². The summed E-state index contributed by atoms with van der Waals surface area (Å²) in [5.41, 5.74) is 8.68. The summed E-state index contributed by atoms with van der Waals surface area (Å²) in [6, 6.07) is 5.01. The Labute approximate surface area is 165 Å². The highest BCUT2D eigenvalue weighted by molar-refractivity contribution is 5.99. The molecule has 0 heterocycles. The van der Waals surface area contributed by atoms with Gasteiger partial charge in [-0.1, -0.05) is 30.4 Å². The van der Waals surface area contributed by atoms with E-state index in [1.807, 2.05) is 20.8 Å². The summed E-state index contributed by atoms with van der Waals surface area (Å²) in [7, 11) is 0. The molecule has 0 saturated carbocycles. The first-order valence-corrected chi connectivity index (χ1v) is 8.93. The second-order valence-corrected chi connectivity index (χ2v) is 6.88. The quantitative estimate of drug-likeness (QED) is 0.296. The van der Waals surface area contributed by atoms with Crippen molar-refractivity contribution in [3.8, 4) is 0 Å². The highest BCUT2D eigenvalue weighted by Crippen LogP contribution is 2.29. The average molecular weight is 394 g/mol. The number of hydrogen-bond acceptors (Lipinski definition) is 4. The molecule has 0 aliphatic carbocycles. The minimum atomic E-state index is -4.39. The zero-order valence-corrected chi connectivity index (χ0v) is 16.8. The van der Waals surface area contributed by atoms with Crippen molar-refractivity contribution in [1.29, 1.82) is 0 Å². The lowest BCUT2D eigenvalue weighted by atomic mass is 10.0. The summed E-state index contributed by atoms with van der Waals surface area (Å²) in [6.07, 6.45) is -0.983. The van der Waals surface area contributed by atoms with Crippen molar-refractivity contribution in [3.05, 3.63) is 71.0 Å². The van der Waals surface area contributed by atoms with E-state index in [0.29, 0.717) is 17.8 Å². The fraction of sp³-hybridized carbons (Fsp3) is 0.381. The van der Waals surface area contributed by atoms with Gasteiger partial charge in [-0.25, -0.2) is 5.84 Å². The van der Waals surface area contributed by atoms with Gasteiger partial charge >= 0.3 is 6.18 Å². The minimum absolute atomic E-state index is 0.132. The molecule has 7 heteroatoms. The minimum Gasteiger partial charge on any atom is -0.326 e. The lowest BCUT2D eigenvalue weighted by Gasteiger charge is -2.26. The lowest BCUT2D eigenvalue weighted by molar-refractivity contribution is -0.137. The van der Waals surface area contributed by atoms with Gasteiger partial charge in [-0.3, -0.25) is 4.99 Å². The van der Waals surface area contributed by atoms with Gasteiger partial charge in [0.2, 0.25) is 0 Å². The summed E-state index contributed by atoms with van der Waals surface area (Å²) < 4.78 is 38.8. The van der Waals surface area contributed by atoms with E-state index < -0.39 is 11.7 Å². The first-order chi connectivity index (χ1) is 13.0. The fourth-order valence-corrected chi connectivity index (χ4v) is 2.59. The maximum atomic E-state index is 12.9. The topological polar surface area (TPSA) is 67.6 Å². The third-order valence-corrected chi connectivity index (χ3v) is 4.06. The first kappa shape index (κ1) is 23.7. The number of aliphatic imine (C=N–C) groups is 1. The van der Waals surface area contributed by atoms with Crippen LogP contribution in [-0.2, 0) is 6.18 Å². The van der Waals surface area contributed by atoms with Gasteiger partial charge < -0.3 is 10.7 Å². The van der Waals surface area contributed by atoms with Gasteiger partial charge in [-0.15, -0.1) is 0 Å². The zero-order chi connectivity index (χ0) is 21.5. The Bertz CT molecular complexity index is 770. The molecule has 0 saturated heterocycles. The molecule has 1 aromatic rings. The second kappa shape index (κ2) is 10.2. The van der Waals surface area contributed by atoms with Crippen LogP contribution in [0.2, 0.25) is 0 Å². The van der Waals surface area contributed by atoms with Gasteiger partial charge in [0, 0.05) is 18.3 Å². The monoisotopic (exact) mass is 394 g/mol. The van der Waals surface area contributed by atoms with Crippen molar-refractivity contribution < 1.29 is 13.2 Å². The van der Waals surface area contributed by atoms with E-state index in [1.165, 1.54) is 6.07 Å². The Morgan fingerprint density at radius 2 is 1.93 bits per heavy atom. The molecule has 4 N–H and O–H groups in total. The first-order valence-electron chi connectivity index (χ1n) is 8.93. The third kappa shape index (κ3) is 6.98. The molecule has 0 amide bonds. The molecule has 0 aromatic heterocycles. The van der Waals surface area contributed by atoms with Gasteiger partial charge in [0.1, 0.15) is 0 Å². The molecule has 0 radical (unpaired) electrons. The van der Waals surface area contributed by atoms with Gasteiger partial charge in [-0.05, 0) is 57.0 Å². The van der Waals surface area contributed by atoms with Gasteiger partial charge in [0.25, 0.3) is 0 Å². The highest BCUT2D eigenvalue weighted by Gasteiger charge is 2.30. The second-order valence-electron chi connectivity index (χ2n) is 6.88. The maximum Gasteiger partial charge on any atom is 0.416 e. The van der Waals surface area contributed by atoms with E-state index in [-0.39, 0.29) is 12.6 Å². The highest BCUT2D eigenvalue weighted by atomic mass is 19.4. The molecular formula is C21H29F3N4. The van der Waals surface area contributed by atoms with Crippen molar-refractivity contribution in [2.45, 2.75) is 39.9 Å². The van der Waals surface area contributed by atoms with Crippen LogP contribution in [0.5, 0.6) is 0 Å². The number of rotatable bonds is 8. The van der Waals surface area contributed by atoms with Gasteiger partial charge in [0.05, 0.1) is 17.8 Å². The van der Waals surface area contributed by atoms with Crippen LogP contribution in [0.15, 0.2) is 64.8 Å². The van der Waals surface area contributed by atoms with E-state index in [0.717, 1.165) is 29.0 Å². The van der Waals surface area contributed by atoms with Crippen molar-refractivity contribution in [2.24, 2.45) is 16.6 Å². The summed E-state index contributed by atoms with van der Waals surface area (Å²) in [6.45, 7) is 11.8. The number of halogens is 3. The SMILES string of the molecule is C=C/C=C(\C(CN=C(C)c1cccc(C(F)(F)F)c1)=C(C)C)N(N)CC(C)N. The number of nitrogens with zero attached hydrogens (tertiary/aromatic N) is 2. The van der Waals surface area contributed by atoms with Crippen LogP contribution in [0.4, 0.5) is 13.2 Å². The van der Waals surface area contributed by atoms with Crippen molar-refractivity contribution in [2.75, 3.05) is 13.1 Å². The number of alkyl halides is 3. The number of benzene rings is 1. The van der Waals surface area contributed by atoms with Gasteiger partial charge in [-0.2, -0.15) is 13.2 Å². The average Bonchev–Trinajstić information content (AvgIpc) is 2.59. The van der Waals surface area contributed by atoms with E-state index in [9.17, 15) is 13.2 Å². The van der Waals surface area contributed by atoms with Crippen LogP contribution in [0, 0.1) is 0 Å². The van der Waals surface area contributed by atoms with Crippen LogP contribution >= 0.6 is 0 Å². The van der Waals surface area contributed by atoms with Crippen LogP contribution in [0.25, 0.3) is 0 Å². The molecule has 0 fully saturated rings. The standard InChI is InChI=1S/C21H29F3N4/c1-6-8-20(28(26)13-15(4)25)19(14(2)3)12-27-16(5)17-9-7-10-18(11-17)21(22,23)24/h6-11,15H,1,12-13,25-26H2,2-5H3/b20-8+,27-16?. The van der Waals surface area contributed by atoms with E-state index in [4.69, 9.17) is 11.6 Å². The van der Waals surface area contributed by atoms with Crippen LogP contribution in [0.3, 0.4) is 0 Å². The Balaban J connectivity index is 3.18. The summed E-state index contributed by atoms with van der Waals surface area (Å²) in [5, 5.41) is 1.55. The Morgan fingerprint density at radius 3 is 2.43 bits per heavy atom. The van der Waals surface area contributed by atoms with Crippen LogP contribution < -0.4 is 11.6 Å². The molecule has 1 atom stereocenters. The predicted molar refractivity (Wildman–Crippen MR) is 110 cm³/mol. The molecule has 1 rings (SSSR count). The zero-order valence-electron chi connectivity index (χ0n) is 16.8. The molecule has 0 spiro atoms. The van der Waals surface area contributed by atoms with E-state index >= 15 is 0 Å². The summed E-state index contributed by atoms with van der Waals surface area (Å²) in [4.78, 5) is 4.51. The van der Waals surface area contributed by atoms with E-state index in [2.05, 4.69) is 11.6 Å². The Morgan fingerprint density at radius 1 is 1.29 bits per heavy atom. The Hall–Kier alpha value is -2.38. The normalized spacial score (nSPS) is 13.9. The smallest absolute Gasteiger partial charge is 0.326 e. The maximum absolute atomic E-state index is 12.9. The third-order valence-electron chi connectivity index (χ3n) is 4.06. The number of hydrogen-bond donors (Lipinski definition) is 2. The summed E-state index contributed by atoms with van der Waals surface area (Å²) in [5.74, 6) is 6.16. The molecule has 28 heavy (non-hydrogen) atoms. The molecule has 0 bridgehead atoms. The van der Waals surface area contributed by atoms with E-state index in [1.54, 1.807) is 30.2 Å². The number of hydrazine groups is 1. The molecule has 4 nitrogen and oxygen atoms in total. The largest absolute Gasteiger partial charge is 0.416 e. The molecule has 154 valence electrons. The van der Waals surface area contributed by atoms with Crippen molar-refractivity contribution in [3.63, 3.8) is 0 Å². The molecule has 0 aliphatic heterocycles. The lowest BCUT2D eigenvalue weighted by Crippen LogP contribution is -2.40. The number of allylic oxidation sites excluding steroid dienone is 3.